The minimum atomic E-state index is -2.54. The van der Waals surface area contributed by atoms with E-state index < -0.39 is 24.7 Å². The molecule has 0 aromatic carbocycles. The van der Waals surface area contributed by atoms with Crippen molar-refractivity contribution in [3.05, 3.63) is 30.2 Å². The lowest BCUT2D eigenvalue weighted by molar-refractivity contribution is -0.119. The second-order valence-corrected chi connectivity index (χ2v) is 8.31. The Bertz CT molecular complexity index is 997. The molecule has 29 heavy (non-hydrogen) atoms. The number of rotatable bonds is 1. The standard InChI is InChI=1S/C21H29N5O3/c1-13-7-6-8-15(25-20(28)29-21(2,3)4)16-11-14(9-10-22-16)18-17(24-19(13)27)12-23-26(18)5/h9-13,15H,6-8H2,1-5H3,(H,24,27)(H,25,28)/t13-,15+/m1/s1/i5D3. The number of hydrogen-bond donors (Lipinski definition) is 2. The van der Waals surface area contributed by atoms with Crippen LogP contribution in [0.4, 0.5) is 10.5 Å². The number of aryl methyl sites for hydroxylation is 1. The monoisotopic (exact) mass is 402 g/mol. The third-order valence-corrected chi connectivity index (χ3v) is 4.71. The van der Waals surface area contributed by atoms with Crippen molar-refractivity contribution in [2.75, 3.05) is 5.32 Å². The van der Waals surface area contributed by atoms with Gasteiger partial charge in [-0.2, -0.15) is 5.10 Å². The zero-order valence-corrected chi connectivity index (χ0v) is 17.2. The fourth-order valence-electron chi connectivity index (χ4n) is 3.26. The molecule has 8 heteroatoms. The fraction of sp³-hybridized carbons (Fsp3) is 0.524. The second-order valence-electron chi connectivity index (χ2n) is 8.31. The van der Waals surface area contributed by atoms with E-state index in [-0.39, 0.29) is 17.5 Å². The van der Waals surface area contributed by atoms with Crippen LogP contribution < -0.4 is 10.6 Å². The highest BCUT2D eigenvalue weighted by molar-refractivity contribution is 5.95. The molecule has 2 bridgehead atoms. The molecule has 8 nitrogen and oxygen atoms in total. The Labute approximate surface area is 175 Å². The highest BCUT2D eigenvalue weighted by Gasteiger charge is 2.24. The van der Waals surface area contributed by atoms with Gasteiger partial charge in [0, 0.05) is 28.8 Å². The molecule has 1 aliphatic rings. The van der Waals surface area contributed by atoms with Crippen LogP contribution in [0.25, 0.3) is 11.3 Å². The Hall–Kier alpha value is -2.90. The van der Waals surface area contributed by atoms with Crippen molar-refractivity contribution >= 4 is 17.7 Å². The van der Waals surface area contributed by atoms with Crippen LogP contribution >= 0.6 is 0 Å². The van der Waals surface area contributed by atoms with E-state index in [4.69, 9.17) is 8.85 Å². The van der Waals surface area contributed by atoms with Crippen LogP contribution in [0.15, 0.2) is 24.5 Å². The summed E-state index contributed by atoms with van der Waals surface area (Å²) in [4.78, 5) is 29.6. The molecule has 156 valence electrons. The molecule has 2 aromatic rings. The van der Waals surface area contributed by atoms with E-state index >= 15 is 0 Å². The van der Waals surface area contributed by atoms with Gasteiger partial charge >= 0.3 is 6.09 Å². The molecule has 0 radical (unpaired) electrons. The molecule has 0 saturated heterocycles. The van der Waals surface area contributed by atoms with Gasteiger partial charge in [-0.1, -0.05) is 13.3 Å². The van der Waals surface area contributed by atoms with E-state index in [2.05, 4.69) is 20.7 Å². The minimum Gasteiger partial charge on any atom is -0.444 e. The lowest BCUT2D eigenvalue weighted by Crippen LogP contribution is -2.35. The van der Waals surface area contributed by atoms with Gasteiger partial charge in [-0.15, -0.1) is 0 Å². The summed E-state index contributed by atoms with van der Waals surface area (Å²) in [5.41, 5.74) is 0.997. The van der Waals surface area contributed by atoms with Crippen molar-refractivity contribution in [1.29, 1.82) is 0 Å². The molecule has 0 unspecified atom stereocenters. The number of alkyl carbamates (subject to hydrolysis) is 1. The van der Waals surface area contributed by atoms with E-state index in [1.807, 2.05) is 6.92 Å². The molecule has 0 fully saturated rings. The number of pyridine rings is 1. The molecule has 2 amide bonds. The van der Waals surface area contributed by atoms with Gasteiger partial charge in [0.05, 0.1) is 29.3 Å². The number of fused-ring (bicyclic) bond motifs is 4. The van der Waals surface area contributed by atoms with Crippen molar-refractivity contribution in [3.8, 4) is 11.3 Å². The average Bonchev–Trinajstić information content (AvgIpc) is 3.09. The summed E-state index contributed by atoms with van der Waals surface area (Å²) < 4.78 is 29.8. The normalized spacial score (nSPS) is 21.9. The van der Waals surface area contributed by atoms with Crippen molar-refractivity contribution in [2.45, 2.75) is 58.6 Å². The Morgan fingerprint density at radius 3 is 2.93 bits per heavy atom. The SMILES string of the molecule is [2H]C([2H])([2H])n1ncc2c1-c1ccnc(c1)[C@@H](NC(=O)OC(C)(C)C)CCC[C@@H](C)C(=O)N2. The third kappa shape index (κ3) is 5.13. The van der Waals surface area contributed by atoms with Crippen LogP contribution in [-0.4, -0.2) is 32.4 Å². The van der Waals surface area contributed by atoms with Crippen molar-refractivity contribution < 1.29 is 18.4 Å². The summed E-state index contributed by atoms with van der Waals surface area (Å²) >= 11 is 0. The minimum absolute atomic E-state index is 0.220. The molecule has 2 N–H and O–H groups in total. The van der Waals surface area contributed by atoms with Gasteiger partial charge in [0.2, 0.25) is 5.91 Å². The largest absolute Gasteiger partial charge is 0.444 e. The van der Waals surface area contributed by atoms with E-state index in [0.29, 0.717) is 36.2 Å². The molecule has 3 rings (SSSR count). The first-order chi connectivity index (χ1) is 14.8. The van der Waals surface area contributed by atoms with Gasteiger partial charge in [0.15, 0.2) is 0 Å². The van der Waals surface area contributed by atoms with Gasteiger partial charge < -0.3 is 15.4 Å². The Balaban J connectivity index is 2.07. The highest BCUT2D eigenvalue weighted by atomic mass is 16.6. The Morgan fingerprint density at radius 2 is 2.21 bits per heavy atom. The summed E-state index contributed by atoms with van der Waals surface area (Å²) in [5, 5.41) is 9.69. The molecular weight excluding hydrogens is 370 g/mol. The molecule has 0 spiro atoms. The second kappa shape index (κ2) is 8.23. The number of ether oxygens (including phenoxy) is 1. The smallest absolute Gasteiger partial charge is 0.408 e. The predicted octanol–water partition coefficient (Wildman–Crippen LogP) is 3.81. The molecule has 3 heterocycles. The first-order valence-electron chi connectivity index (χ1n) is 11.2. The van der Waals surface area contributed by atoms with Gasteiger partial charge in [-0.05, 0) is 45.7 Å². The van der Waals surface area contributed by atoms with Crippen LogP contribution in [-0.2, 0) is 16.5 Å². The first-order valence-corrected chi connectivity index (χ1v) is 9.70. The fourth-order valence-corrected chi connectivity index (χ4v) is 3.26. The summed E-state index contributed by atoms with van der Waals surface area (Å²) in [6.07, 6.45) is 4.11. The number of amides is 2. The van der Waals surface area contributed by atoms with Crippen LogP contribution in [0.5, 0.6) is 0 Å². The third-order valence-electron chi connectivity index (χ3n) is 4.71. The maximum atomic E-state index is 12.7. The zero-order valence-electron chi connectivity index (χ0n) is 20.2. The van der Waals surface area contributed by atoms with E-state index in [9.17, 15) is 9.59 Å². The van der Waals surface area contributed by atoms with Crippen LogP contribution in [0.3, 0.4) is 0 Å². The summed E-state index contributed by atoms with van der Waals surface area (Å²) in [7, 11) is 0. The average molecular weight is 403 g/mol. The predicted molar refractivity (Wildman–Crippen MR) is 110 cm³/mol. The highest BCUT2D eigenvalue weighted by Crippen LogP contribution is 2.31. The summed E-state index contributed by atoms with van der Waals surface area (Å²) in [6.45, 7) is 4.61. The van der Waals surface area contributed by atoms with Crippen molar-refractivity contribution in [2.24, 2.45) is 12.9 Å². The Morgan fingerprint density at radius 1 is 1.41 bits per heavy atom. The van der Waals surface area contributed by atoms with Gasteiger partial charge in [0.1, 0.15) is 5.60 Å². The topological polar surface area (TPSA) is 98.1 Å². The van der Waals surface area contributed by atoms with E-state index in [0.717, 1.165) is 4.68 Å². The Kier molecular flexibility index (Phi) is 4.82. The molecule has 0 aliphatic carbocycles. The van der Waals surface area contributed by atoms with Gasteiger partial charge in [-0.3, -0.25) is 14.5 Å². The summed E-state index contributed by atoms with van der Waals surface area (Å²) in [5.74, 6) is -0.533. The molecule has 1 aliphatic heterocycles. The number of hydrogen-bond acceptors (Lipinski definition) is 5. The van der Waals surface area contributed by atoms with E-state index in [1.165, 1.54) is 6.20 Å². The number of aromatic nitrogens is 3. The number of carbonyl (C=O) groups excluding carboxylic acids is 2. The lowest BCUT2D eigenvalue weighted by atomic mass is 9.97. The first kappa shape index (κ1) is 17.0. The van der Waals surface area contributed by atoms with E-state index in [1.54, 1.807) is 39.1 Å². The number of anilines is 1. The molecule has 2 aromatic heterocycles. The zero-order chi connectivity index (χ0) is 23.7. The maximum Gasteiger partial charge on any atom is 0.408 e. The molecule has 2 atom stereocenters. The van der Waals surface area contributed by atoms with Crippen LogP contribution in [0, 0.1) is 5.92 Å². The maximum absolute atomic E-state index is 12.7. The molecular formula is C21H29N5O3. The lowest BCUT2D eigenvalue weighted by Gasteiger charge is -2.24. The van der Waals surface area contributed by atoms with Gasteiger partial charge in [-0.25, -0.2) is 4.79 Å². The van der Waals surface area contributed by atoms with Crippen molar-refractivity contribution in [1.82, 2.24) is 20.1 Å². The summed E-state index contributed by atoms with van der Waals surface area (Å²) in [6, 6.07) is 2.90. The van der Waals surface area contributed by atoms with Crippen LogP contribution in [0.2, 0.25) is 0 Å². The van der Waals surface area contributed by atoms with Crippen LogP contribution in [0.1, 0.15) is 62.8 Å². The molecule has 0 saturated carbocycles. The number of nitrogens with zero attached hydrogens (tertiary/aromatic N) is 3. The quantitative estimate of drug-likeness (QED) is 0.756. The van der Waals surface area contributed by atoms with Crippen molar-refractivity contribution in [3.63, 3.8) is 0 Å². The van der Waals surface area contributed by atoms with Gasteiger partial charge in [0.25, 0.3) is 0 Å². The number of nitrogens with one attached hydrogen (secondary N) is 2. The number of carbonyl (C=O) groups is 2.